The van der Waals surface area contributed by atoms with Crippen LogP contribution in [0.15, 0.2) is 30.5 Å². The van der Waals surface area contributed by atoms with Gasteiger partial charge in [0.25, 0.3) is 0 Å². The number of nitrogens with one attached hydrogen (secondary N) is 1. The molecule has 1 aliphatic carbocycles. The maximum absolute atomic E-state index is 12.1. The van der Waals surface area contributed by atoms with E-state index < -0.39 is 0 Å². The van der Waals surface area contributed by atoms with Crippen molar-refractivity contribution in [1.82, 2.24) is 15.2 Å². The normalized spacial score (nSPS) is 22.4. The number of ether oxygens (including phenoxy) is 1. The van der Waals surface area contributed by atoms with Crippen molar-refractivity contribution >= 4 is 16.8 Å². The van der Waals surface area contributed by atoms with E-state index in [1.807, 2.05) is 19.2 Å². The van der Waals surface area contributed by atoms with Crippen molar-refractivity contribution in [1.29, 1.82) is 0 Å². The zero-order valence-electron chi connectivity index (χ0n) is 20.5. The Morgan fingerprint density at radius 3 is 2.64 bits per heavy atom. The summed E-state index contributed by atoms with van der Waals surface area (Å²) in [5.41, 5.74) is 2.34. The predicted octanol–water partition coefficient (Wildman–Crippen LogP) is 5.36. The van der Waals surface area contributed by atoms with Gasteiger partial charge >= 0.3 is 0 Å². The highest BCUT2D eigenvalue weighted by Crippen LogP contribution is 2.32. The van der Waals surface area contributed by atoms with E-state index in [9.17, 15) is 4.79 Å². The van der Waals surface area contributed by atoms with Gasteiger partial charge in [-0.15, -0.1) is 0 Å². The van der Waals surface area contributed by atoms with Gasteiger partial charge in [0.2, 0.25) is 5.91 Å². The highest BCUT2D eigenvalue weighted by Gasteiger charge is 2.29. The van der Waals surface area contributed by atoms with Crippen LogP contribution in [0.3, 0.4) is 0 Å². The first-order chi connectivity index (χ1) is 16.2. The average Bonchev–Trinajstić information content (AvgIpc) is 2.84. The van der Waals surface area contributed by atoms with E-state index in [0.717, 1.165) is 68.9 Å². The van der Waals surface area contributed by atoms with Crippen LogP contribution in [0.2, 0.25) is 0 Å². The van der Waals surface area contributed by atoms with Gasteiger partial charge in [0.15, 0.2) is 0 Å². The summed E-state index contributed by atoms with van der Waals surface area (Å²) in [5.74, 6) is 2.18. The van der Waals surface area contributed by atoms with Crippen LogP contribution < -0.4 is 10.1 Å². The maximum Gasteiger partial charge on any atom is 0.223 e. The second kappa shape index (κ2) is 11.8. The first-order valence-corrected chi connectivity index (χ1v) is 13.2. The molecule has 0 bridgehead atoms. The molecule has 0 radical (unpaired) electrons. The molecule has 2 fully saturated rings. The summed E-state index contributed by atoms with van der Waals surface area (Å²) >= 11 is 0. The second-order valence-corrected chi connectivity index (χ2v) is 10.0. The number of carbonyl (C=O) groups excluding carboxylic acids is 1. The van der Waals surface area contributed by atoms with Gasteiger partial charge in [0, 0.05) is 43.7 Å². The molecule has 2 heterocycles. The van der Waals surface area contributed by atoms with Crippen molar-refractivity contribution < 1.29 is 9.53 Å². The molecule has 2 aliphatic rings. The molecule has 1 saturated carbocycles. The third-order valence-electron chi connectivity index (χ3n) is 7.46. The third kappa shape index (κ3) is 6.47. The number of likely N-dealkylation sites (tertiary alicyclic amines) is 1. The first-order valence-electron chi connectivity index (χ1n) is 13.2. The summed E-state index contributed by atoms with van der Waals surface area (Å²) in [6.07, 6.45) is 12.2. The number of hydrogen-bond donors (Lipinski definition) is 1. The number of unbranched alkanes of at least 4 members (excludes halogenated alkanes) is 1. The number of hydrogen-bond acceptors (Lipinski definition) is 4. The van der Waals surface area contributed by atoms with Crippen molar-refractivity contribution in [2.45, 2.75) is 77.7 Å². The predicted molar refractivity (Wildman–Crippen MR) is 135 cm³/mol. The van der Waals surface area contributed by atoms with Crippen LogP contribution in [0.25, 0.3) is 10.9 Å². The van der Waals surface area contributed by atoms with Gasteiger partial charge in [-0.2, -0.15) is 0 Å². The standard InChI is InChI=1S/C28H41N3O2/c1-3-5-7-22-18-24-8-6-15-30-27(24)26(19-22)33-25-13-16-31(17-14-25)20-21-9-11-23(12-10-21)28(32)29-4-2/h6,8,15,18-19,21,23,25H,3-5,7,9-14,16-17,20H2,1-2H3,(H,29,32)/t21-,23-. The molecule has 2 aromatic rings. The van der Waals surface area contributed by atoms with Gasteiger partial charge in [-0.05, 0) is 88.0 Å². The largest absolute Gasteiger partial charge is 0.488 e. The minimum absolute atomic E-state index is 0.233. The van der Waals surface area contributed by atoms with Crippen molar-refractivity contribution in [3.05, 3.63) is 36.0 Å². The van der Waals surface area contributed by atoms with Crippen molar-refractivity contribution in [2.75, 3.05) is 26.2 Å². The lowest BCUT2D eigenvalue weighted by molar-refractivity contribution is -0.126. The number of aryl methyl sites for hydroxylation is 1. The number of pyridine rings is 1. The van der Waals surface area contributed by atoms with Gasteiger partial charge < -0.3 is 15.0 Å². The number of rotatable bonds is 9. The summed E-state index contributed by atoms with van der Waals surface area (Å²) in [4.78, 5) is 19.3. The molecule has 33 heavy (non-hydrogen) atoms. The van der Waals surface area contributed by atoms with Gasteiger partial charge in [0.1, 0.15) is 17.4 Å². The Morgan fingerprint density at radius 2 is 1.91 bits per heavy atom. The lowest BCUT2D eigenvalue weighted by Gasteiger charge is -2.36. The van der Waals surface area contributed by atoms with Crippen LogP contribution in [-0.2, 0) is 11.2 Å². The van der Waals surface area contributed by atoms with E-state index in [1.165, 1.54) is 43.2 Å². The summed E-state index contributed by atoms with van der Waals surface area (Å²) in [6, 6.07) is 8.66. The summed E-state index contributed by atoms with van der Waals surface area (Å²) in [7, 11) is 0. The fourth-order valence-electron chi connectivity index (χ4n) is 5.51. The Kier molecular flexibility index (Phi) is 8.60. The SMILES string of the molecule is CCCCc1cc(OC2CCN(C[C@H]3CC[C@H](C(=O)NCC)CC3)CC2)c2ncccc2c1. The average molecular weight is 452 g/mol. The fourth-order valence-corrected chi connectivity index (χ4v) is 5.51. The molecule has 0 spiro atoms. The molecule has 4 rings (SSSR count). The Bertz CT molecular complexity index is 899. The van der Waals surface area contributed by atoms with Crippen LogP contribution in [0.4, 0.5) is 0 Å². The van der Waals surface area contributed by atoms with E-state index in [-0.39, 0.29) is 17.9 Å². The van der Waals surface area contributed by atoms with Gasteiger partial charge in [-0.3, -0.25) is 9.78 Å². The fraction of sp³-hybridized carbons (Fsp3) is 0.643. The first kappa shape index (κ1) is 24.0. The molecular formula is C28H41N3O2. The van der Waals surface area contributed by atoms with E-state index in [2.05, 4.69) is 40.3 Å². The summed E-state index contributed by atoms with van der Waals surface area (Å²) in [5, 5.41) is 4.18. The molecule has 1 aromatic carbocycles. The lowest BCUT2D eigenvalue weighted by atomic mass is 9.81. The Balaban J connectivity index is 1.28. The van der Waals surface area contributed by atoms with Crippen LogP contribution in [0.1, 0.15) is 70.8 Å². The van der Waals surface area contributed by atoms with Crippen LogP contribution in [0.5, 0.6) is 5.75 Å². The van der Waals surface area contributed by atoms with Crippen molar-refractivity contribution in [3.8, 4) is 5.75 Å². The monoisotopic (exact) mass is 451 g/mol. The van der Waals surface area contributed by atoms with Crippen LogP contribution >= 0.6 is 0 Å². The third-order valence-corrected chi connectivity index (χ3v) is 7.46. The second-order valence-electron chi connectivity index (χ2n) is 10.0. The van der Waals surface area contributed by atoms with Crippen molar-refractivity contribution in [3.63, 3.8) is 0 Å². The number of amides is 1. The number of carbonyl (C=O) groups is 1. The number of fused-ring (bicyclic) bond motifs is 1. The molecule has 1 aromatic heterocycles. The smallest absolute Gasteiger partial charge is 0.223 e. The van der Waals surface area contributed by atoms with E-state index >= 15 is 0 Å². The van der Waals surface area contributed by atoms with E-state index in [4.69, 9.17) is 4.74 Å². The molecular weight excluding hydrogens is 410 g/mol. The molecule has 1 N–H and O–H groups in total. The van der Waals surface area contributed by atoms with Gasteiger partial charge in [-0.25, -0.2) is 0 Å². The Hall–Kier alpha value is -2.14. The number of benzene rings is 1. The lowest BCUT2D eigenvalue weighted by Crippen LogP contribution is -2.42. The number of piperidine rings is 1. The molecule has 1 saturated heterocycles. The molecule has 5 heteroatoms. The highest BCUT2D eigenvalue weighted by atomic mass is 16.5. The molecule has 180 valence electrons. The molecule has 1 aliphatic heterocycles. The van der Waals surface area contributed by atoms with E-state index in [0.29, 0.717) is 0 Å². The number of aromatic nitrogens is 1. The topological polar surface area (TPSA) is 54.5 Å². The molecule has 0 atom stereocenters. The molecule has 1 amide bonds. The van der Waals surface area contributed by atoms with Gasteiger partial charge in [0.05, 0.1) is 0 Å². The minimum Gasteiger partial charge on any atom is -0.488 e. The van der Waals surface area contributed by atoms with Gasteiger partial charge in [-0.1, -0.05) is 19.4 Å². The summed E-state index contributed by atoms with van der Waals surface area (Å²) in [6.45, 7) is 8.35. The minimum atomic E-state index is 0.233. The number of nitrogens with zero attached hydrogens (tertiary/aromatic N) is 2. The van der Waals surface area contributed by atoms with Crippen LogP contribution in [0, 0.1) is 11.8 Å². The quantitative estimate of drug-likeness (QED) is 0.557. The maximum atomic E-state index is 12.1. The molecule has 0 unspecified atom stereocenters. The zero-order valence-corrected chi connectivity index (χ0v) is 20.5. The zero-order chi connectivity index (χ0) is 23.0. The highest BCUT2D eigenvalue weighted by molar-refractivity contribution is 5.85. The summed E-state index contributed by atoms with van der Waals surface area (Å²) < 4.78 is 6.56. The van der Waals surface area contributed by atoms with E-state index in [1.54, 1.807) is 0 Å². The van der Waals surface area contributed by atoms with Crippen molar-refractivity contribution in [2.24, 2.45) is 11.8 Å². The van der Waals surface area contributed by atoms with Crippen LogP contribution in [-0.4, -0.2) is 48.1 Å². The molecule has 5 nitrogen and oxygen atoms in total. The Labute approximate surface area is 199 Å². The Morgan fingerprint density at radius 1 is 1.12 bits per heavy atom.